The summed E-state index contributed by atoms with van der Waals surface area (Å²) in [6, 6.07) is 12.3. The molecule has 1 heterocycles. The van der Waals surface area contributed by atoms with E-state index in [9.17, 15) is 0 Å². The monoisotopic (exact) mass is 305 g/mol. The molecule has 0 saturated heterocycles. The highest BCUT2D eigenvalue weighted by molar-refractivity contribution is 9.10. The Hall–Kier alpha value is -1.39. The van der Waals surface area contributed by atoms with Crippen molar-refractivity contribution < 1.29 is 0 Å². The first-order valence-electron chi connectivity index (χ1n) is 5.83. The van der Waals surface area contributed by atoms with Crippen molar-refractivity contribution in [3.05, 3.63) is 58.2 Å². The van der Waals surface area contributed by atoms with Gasteiger partial charge in [-0.3, -0.25) is 0 Å². The number of benzene rings is 1. The van der Waals surface area contributed by atoms with Crippen LogP contribution in [0.4, 0.5) is 5.82 Å². The van der Waals surface area contributed by atoms with Crippen LogP contribution in [0.25, 0.3) is 0 Å². The van der Waals surface area contributed by atoms with E-state index >= 15 is 0 Å². The fraction of sp³-hybridized carbons (Fsp3) is 0.214. The Morgan fingerprint density at radius 1 is 1.28 bits per heavy atom. The van der Waals surface area contributed by atoms with E-state index in [0.29, 0.717) is 5.82 Å². The Morgan fingerprint density at radius 2 is 2.06 bits per heavy atom. The first-order chi connectivity index (χ1) is 8.72. The number of rotatable bonds is 4. The summed E-state index contributed by atoms with van der Waals surface area (Å²) in [5, 5.41) is 3.29. The van der Waals surface area contributed by atoms with Crippen molar-refractivity contribution in [2.75, 3.05) is 12.8 Å². The minimum Gasteiger partial charge on any atom is -0.383 e. The van der Waals surface area contributed by atoms with Gasteiger partial charge in [-0.1, -0.05) is 40.2 Å². The molecule has 3 N–H and O–H groups in total. The van der Waals surface area contributed by atoms with Crippen LogP contribution in [0.1, 0.15) is 17.2 Å². The average Bonchev–Trinajstić information content (AvgIpc) is 2.39. The molecule has 1 atom stereocenters. The number of nitrogens with two attached hydrogens (primary N) is 1. The minimum atomic E-state index is 0.164. The zero-order chi connectivity index (χ0) is 13.0. The molecule has 0 aliphatic carbocycles. The fourth-order valence-corrected chi connectivity index (χ4v) is 2.42. The molecule has 1 aromatic heterocycles. The second kappa shape index (κ2) is 5.98. The standard InChI is InChI=1S/C14H16BrN3/c1-17-13(11-6-4-8-18-14(11)16)9-10-5-2-3-7-12(10)15/h2-8,13,17H,9H2,1H3,(H2,16,18). The van der Waals surface area contributed by atoms with Crippen molar-refractivity contribution in [2.45, 2.75) is 12.5 Å². The van der Waals surface area contributed by atoms with Crippen molar-refractivity contribution in [1.82, 2.24) is 10.3 Å². The van der Waals surface area contributed by atoms with Crippen LogP contribution in [0.5, 0.6) is 0 Å². The second-order valence-corrected chi connectivity index (χ2v) is 4.97. The van der Waals surface area contributed by atoms with Gasteiger partial charge in [-0.15, -0.1) is 0 Å². The highest BCUT2D eigenvalue weighted by Gasteiger charge is 2.14. The zero-order valence-corrected chi connectivity index (χ0v) is 11.8. The molecule has 0 spiro atoms. The third kappa shape index (κ3) is 2.89. The van der Waals surface area contributed by atoms with Gasteiger partial charge in [0.05, 0.1) is 0 Å². The van der Waals surface area contributed by atoms with Crippen molar-refractivity contribution in [3.8, 4) is 0 Å². The Kier molecular flexibility index (Phi) is 4.33. The van der Waals surface area contributed by atoms with Gasteiger partial charge < -0.3 is 11.1 Å². The van der Waals surface area contributed by atoms with Gasteiger partial charge in [-0.2, -0.15) is 0 Å². The number of pyridine rings is 1. The van der Waals surface area contributed by atoms with Crippen LogP contribution in [0.3, 0.4) is 0 Å². The smallest absolute Gasteiger partial charge is 0.128 e. The summed E-state index contributed by atoms with van der Waals surface area (Å²) in [6.07, 6.45) is 2.58. The maximum absolute atomic E-state index is 5.93. The van der Waals surface area contributed by atoms with Crippen LogP contribution >= 0.6 is 15.9 Å². The number of hydrogen-bond acceptors (Lipinski definition) is 3. The minimum absolute atomic E-state index is 0.164. The Bertz CT molecular complexity index is 528. The first-order valence-corrected chi connectivity index (χ1v) is 6.62. The summed E-state index contributed by atoms with van der Waals surface area (Å²) >= 11 is 3.57. The summed E-state index contributed by atoms with van der Waals surface area (Å²) in [5.74, 6) is 0.587. The lowest BCUT2D eigenvalue weighted by molar-refractivity contribution is 0.591. The van der Waals surface area contributed by atoms with Crippen LogP contribution in [0, 0.1) is 0 Å². The highest BCUT2D eigenvalue weighted by atomic mass is 79.9. The molecule has 3 nitrogen and oxygen atoms in total. The summed E-state index contributed by atoms with van der Waals surface area (Å²) in [7, 11) is 1.94. The SMILES string of the molecule is CNC(Cc1ccccc1Br)c1cccnc1N. The fourth-order valence-electron chi connectivity index (χ4n) is 1.98. The number of nitrogens with zero attached hydrogens (tertiary/aromatic N) is 1. The van der Waals surface area contributed by atoms with Gasteiger partial charge in [-0.05, 0) is 31.2 Å². The molecule has 1 unspecified atom stereocenters. The van der Waals surface area contributed by atoms with E-state index in [-0.39, 0.29) is 6.04 Å². The maximum atomic E-state index is 5.93. The second-order valence-electron chi connectivity index (χ2n) is 4.11. The van der Waals surface area contributed by atoms with Crippen LogP contribution in [-0.4, -0.2) is 12.0 Å². The molecule has 1 aromatic carbocycles. The summed E-state index contributed by atoms with van der Waals surface area (Å²) in [5.41, 5.74) is 8.21. The molecule has 0 amide bonds. The predicted molar refractivity (Wildman–Crippen MR) is 78.3 cm³/mol. The van der Waals surface area contributed by atoms with Crippen molar-refractivity contribution >= 4 is 21.7 Å². The lowest BCUT2D eigenvalue weighted by Gasteiger charge is -2.18. The Labute approximate surface area is 116 Å². The summed E-state index contributed by atoms with van der Waals surface area (Å²) < 4.78 is 1.12. The normalized spacial score (nSPS) is 12.3. The van der Waals surface area contributed by atoms with Gasteiger partial charge in [0.15, 0.2) is 0 Å². The van der Waals surface area contributed by atoms with Crippen LogP contribution in [0.2, 0.25) is 0 Å². The molecule has 2 rings (SSSR count). The van der Waals surface area contributed by atoms with Gasteiger partial charge in [0.1, 0.15) is 5.82 Å². The van der Waals surface area contributed by atoms with E-state index in [1.807, 2.05) is 31.3 Å². The molecular weight excluding hydrogens is 290 g/mol. The van der Waals surface area contributed by atoms with E-state index in [2.05, 4.69) is 38.4 Å². The van der Waals surface area contributed by atoms with E-state index in [0.717, 1.165) is 16.5 Å². The predicted octanol–water partition coefficient (Wildman–Crippen LogP) is 2.93. The number of likely N-dealkylation sites (N-methyl/N-ethyl adjacent to an activating group) is 1. The van der Waals surface area contributed by atoms with E-state index < -0.39 is 0 Å². The number of nitrogens with one attached hydrogen (secondary N) is 1. The van der Waals surface area contributed by atoms with Gasteiger partial charge in [0, 0.05) is 22.3 Å². The first kappa shape index (κ1) is 13.1. The summed E-state index contributed by atoms with van der Waals surface area (Å²) in [6.45, 7) is 0. The lowest BCUT2D eigenvalue weighted by Crippen LogP contribution is -2.20. The Balaban J connectivity index is 2.26. The average molecular weight is 306 g/mol. The van der Waals surface area contributed by atoms with Gasteiger partial charge >= 0.3 is 0 Å². The topological polar surface area (TPSA) is 50.9 Å². The molecule has 4 heteroatoms. The number of aromatic nitrogens is 1. The maximum Gasteiger partial charge on any atom is 0.128 e. The van der Waals surface area contributed by atoms with Crippen molar-refractivity contribution in [1.29, 1.82) is 0 Å². The quantitative estimate of drug-likeness (QED) is 0.913. The molecule has 0 aliphatic heterocycles. The summed E-state index contributed by atoms with van der Waals surface area (Å²) in [4.78, 5) is 4.14. The van der Waals surface area contributed by atoms with Crippen molar-refractivity contribution in [2.24, 2.45) is 0 Å². The van der Waals surface area contributed by atoms with Gasteiger partial charge in [-0.25, -0.2) is 4.98 Å². The number of anilines is 1. The molecule has 94 valence electrons. The number of nitrogen functional groups attached to an aromatic ring is 1. The molecule has 0 aliphatic rings. The molecule has 0 bridgehead atoms. The van der Waals surface area contributed by atoms with Crippen LogP contribution < -0.4 is 11.1 Å². The van der Waals surface area contributed by atoms with E-state index in [4.69, 9.17) is 5.73 Å². The molecule has 0 radical (unpaired) electrons. The van der Waals surface area contributed by atoms with Crippen LogP contribution in [-0.2, 0) is 6.42 Å². The van der Waals surface area contributed by atoms with Crippen molar-refractivity contribution in [3.63, 3.8) is 0 Å². The highest BCUT2D eigenvalue weighted by Crippen LogP contribution is 2.25. The largest absolute Gasteiger partial charge is 0.383 e. The number of hydrogen-bond donors (Lipinski definition) is 2. The lowest BCUT2D eigenvalue weighted by atomic mass is 9.99. The molecule has 0 fully saturated rings. The third-order valence-corrected chi connectivity index (χ3v) is 3.75. The third-order valence-electron chi connectivity index (χ3n) is 2.98. The number of halogens is 1. The van der Waals surface area contributed by atoms with Gasteiger partial charge in [0.25, 0.3) is 0 Å². The molecule has 2 aromatic rings. The van der Waals surface area contributed by atoms with Gasteiger partial charge in [0.2, 0.25) is 0 Å². The molecule has 0 saturated carbocycles. The van der Waals surface area contributed by atoms with Crippen LogP contribution in [0.15, 0.2) is 47.1 Å². The Morgan fingerprint density at radius 3 is 2.72 bits per heavy atom. The molecule has 18 heavy (non-hydrogen) atoms. The van der Waals surface area contributed by atoms with E-state index in [1.54, 1.807) is 6.20 Å². The zero-order valence-electron chi connectivity index (χ0n) is 10.2. The molecular formula is C14H16BrN3. The van der Waals surface area contributed by atoms with E-state index in [1.165, 1.54) is 5.56 Å².